The van der Waals surface area contributed by atoms with Crippen molar-refractivity contribution in [1.82, 2.24) is 9.80 Å². The highest BCUT2D eigenvalue weighted by molar-refractivity contribution is 5.89. The molecule has 146 valence electrons. The molecule has 0 unspecified atom stereocenters. The smallest absolute Gasteiger partial charge is 0.326 e. The van der Waals surface area contributed by atoms with Crippen LogP contribution < -0.4 is 5.32 Å². The van der Waals surface area contributed by atoms with Crippen LogP contribution in [0.15, 0.2) is 24.3 Å². The number of anilines is 1. The molecule has 2 fully saturated rings. The Hall–Kier alpha value is -2.57. The van der Waals surface area contributed by atoms with Crippen LogP contribution in [0.4, 0.5) is 10.5 Å². The number of aryl methyl sites for hydroxylation is 1. The van der Waals surface area contributed by atoms with E-state index in [1.165, 1.54) is 4.90 Å². The minimum absolute atomic E-state index is 0.0851. The quantitative estimate of drug-likeness (QED) is 0.852. The Labute approximate surface area is 159 Å². The van der Waals surface area contributed by atoms with Gasteiger partial charge in [0.1, 0.15) is 6.04 Å². The SMILES string of the molecule is Cc1ccc(NC(=O)N2CCC3(CCC(=O)N([C@@H](C)C(=O)O)C3)CC2)cc1. The Morgan fingerprint density at radius 1 is 1.15 bits per heavy atom. The Bertz CT molecular complexity index is 723. The number of nitrogens with zero attached hydrogens (tertiary/aromatic N) is 2. The molecule has 0 aromatic heterocycles. The number of hydrogen-bond donors (Lipinski definition) is 2. The second kappa shape index (κ2) is 7.58. The second-order valence-electron chi connectivity index (χ2n) is 7.82. The molecule has 2 saturated heterocycles. The lowest BCUT2D eigenvalue weighted by Gasteiger charge is -2.48. The molecule has 2 N–H and O–H groups in total. The molecule has 1 aromatic rings. The molecule has 7 nitrogen and oxygen atoms in total. The van der Waals surface area contributed by atoms with Crippen molar-refractivity contribution in [2.45, 2.75) is 45.6 Å². The lowest BCUT2D eigenvalue weighted by Crippen LogP contribution is -2.56. The van der Waals surface area contributed by atoms with Crippen molar-refractivity contribution in [2.75, 3.05) is 25.0 Å². The summed E-state index contributed by atoms with van der Waals surface area (Å²) in [4.78, 5) is 39.3. The van der Waals surface area contributed by atoms with Crippen LogP contribution >= 0.6 is 0 Å². The number of carboxylic acids is 1. The largest absolute Gasteiger partial charge is 0.480 e. The van der Waals surface area contributed by atoms with E-state index in [2.05, 4.69) is 5.32 Å². The van der Waals surface area contributed by atoms with E-state index in [4.69, 9.17) is 0 Å². The van der Waals surface area contributed by atoms with Crippen molar-refractivity contribution in [3.8, 4) is 0 Å². The summed E-state index contributed by atoms with van der Waals surface area (Å²) in [5.41, 5.74) is 1.83. The number of carboxylic acid groups (broad SMARTS) is 1. The van der Waals surface area contributed by atoms with Gasteiger partial charge in [0.15, 0.2) is 0 Å². The summed E-state index contributed by atoms with van der Waals surface area (Å²) >= 11 is 0. The van der Waals surface area contributed by atoms with E-state index in [-0.39, 0.29) is 17.4 Å². The fraction of sp³-hybridized carbons (Fsp3) is 0.550. The number of likely N-dealkylation sites (tertiary alicyclic amines) is 2. The Balaban J connectivity index is 1.59. The molecular formula is C20H27N3O4. The first-order chi connectivity index (χ1) is 12.8. The molecule has 0 bridgehead atoms. The molecule has 1 spiro atoms. The number of benzene rings is 1. The normalized spacial score (nSPS) is 20.4. The monoisotopic (exact) mass is 373 g/mol. The summed E-state index contributed by atoms with van der Waals surface area (Å²) < 4.78 is 0. The van der Waals surface area contributed by atoms with Crippen molar-refractivity contribution >= 4 is 23.6 Å². The van der Waals surface area contributed by atoms with Gasteiger partial charge >= 0.3 is 12.0 Å². The van der Waals surface area contributed by atoms with Gasteiger partial charge in [0.05, 0.1) is 0 Å². The van der Waals surface area contributed by atoms with Crippen molar-refractivity contribution in [3.63, 3.8) is 0 Å². The predicted octanol–water partition coefficient (Wildman–Crippen LogP) is 2.70. The average molecular weight is 373 g/mol. The zero-order valence-corrected chi connectivity index (χ0v) is 15.9. The van der Waals surface area contributed by atoms with Gasteiger partial charge in [-0.25, -0.2) is 9.59 Å². The fourth-order valence-corrected chi connectivity index (χ4v) is 3.96. The highest BCUT2D eigenvalue weighted by atomic mass is 16.4. The molecule has 2 heterocycles. The van der Waals surface area contributed by atoms with E-state index >= 15 is 0 Å². The number of urea groups is 1. The Kier molecular flexibility index (Phi) is 5.39. The number of piperidine rings is 2. The van der Waals surface area contributed by atoms with Crippen LogP contribution in [-0.2, 0) is 9.59 Å². The van der Waals surface area contributed by atoms with Gasteiger partial charge in [-0.2, -0.15) is 0 Å². The van der Waals surface area contributed by atoms with Crippen molar-refractivity contribution in [2.24, 2.45) is 5.41 Å². The Morgan fingerprint density at radius 2 is 1.78 bits per heavy atom. The Morgan fingerprint density at radius 3 is 2.37 bits per heavy atom. The van der Waals surface area contributed by atoms with Crippen LogP contribution in [0, 0.1) is 12.3 Å². The first kappa shape index (κ1) is 19.2. The minimum atomic E-state index is -0.977. The first-order valence-electron chi connectivity index (χ1n) is 9.45. The summed E-state index contributed by atoms with van der Waals surface area (Å²) in [5.74, 6) is -1.06. The number of carbonyl (C=O) groups is 3. The molecule has 27 heavy (non-hydrogen) atoms. The van der Waals surface area contributed by atoms with E-state index in [0.717, 1.165) is 30.5 Å². The van der Waals surface area contributed by atoms with Gasteiger partial charge in [0.2, 0.25) is 5.91 Å². The molecule has 0 saturated carbocycles. The molecule has 2 aliphatic heterocycles. The number of rotatable bonds is 3. The van der Waals surface area contributed by atoms with Crippen LogP contribution in [0.2, 0.25) is 0 Å². The molecule has 1 aromatic carbocycles. The standard InChI is InChI=1S/C20H27N3O4/c1-14-3-5-16(6-4-14)21-19(27)22-11-9-20(10-12-22)8-7-17(24)23(13-20)15(2)18(25)26/h3-6,15H,7-13H2,1-2H3,(H,21,27)(H,25,26)/t15-/m0/s1. The minimum Gasteiger partial charge on any atom is -0.480 e. The number of carbonyl (C=O) groups excluding carboxylic acids is 2. The molecular weight excluding hydrogens is 346 g/mol. The van der Waals surface area contributed by atoms with Crippen LogP contribution in [-0.4, -0.2) is 58.5 Å². The topological polar surface area (TPSA) is 90.0 Å². The molecule has 7 heteroatoms. The zero-order chi connectivity index (χ0) is 19.6. The van der Waals surface area contributed by atoms with Crippen LogP contribution in [0.3, 0.4) is 0 Å². The van der Waals surface area contributed by atoms with Gasteiger partial charge in [-0.15, -0.1) is 0 Å². The maximum absolute atomic E-state index is 12.5. The zero-order valence-electron chi connectivity index (χ0n) is 15.9. The second-order valence-corrected chi connectivity index (χ2v) is 7.82. The summed E-state index contributed by atoms with van der Waals surface area (Å²) in [6.07, 6.45) is 2.71. The fourth-order valence-electron chi connectivity index (χ4n) is 3.96. The van der Waals surface area contributed by atoms with E-state index in [1.54, 1.807) is 11.8 Å². The van der Waals surface area contributed by atoms with Gasteiger partial charge in [0.25, 0.3) is 0 Å². The summed E-state index contributed by atoms with van der Waals surface area (Å²) in [7, 11) is 0. The number of amides is 3. The van der Waals surface area contributed by atoms with Gasteiger partial charge in [0, 0.05) is 31.7 Å². The lowest BCUT2D eigenvalue weighted by molar-refractivity contribution is -0.154. The van der Waals surface area contributed by atoms with Gasteiger partial charge in [-0.05, 0) is 50.7 Å². The average Bonchev–Trinajstić information content (AvgIpc) is 2.65. The molecule has 0 aliphatic carbocycles. The third-order valence-corrected chi connectivity index (χ3v) is 5.93. The van der Waals surface area contributed by atoms with Crippen molar-refractivity contribution in [1.29, 1.82) is 0 Å². The van der Waals surface area contributed by atoms with Crippen LogP contribution in [0.1, 0.15) is 38.2 Å². The highest BCUT2D eigenvalue weighted by Crippen LogP contribution is 2.40. The van der Waals surface area contributed by atoms with Crippen LogP contribution in [0.5, 0.6) is 0 Å². The number of aliphatic carboxylic acids is 1. The van der Waals surface area contributed by atoms with E-state index in [1.807, 2.05) is 31.2 Å². The molecule has 2 aliphatic rings. The number of nitrogens with one attached hydrogen (secondary N) is 1. The van der Waals surface area contributed by atoms with Gasteiger partial charge in [-0.1, -0.05) is 17.7 Å². The first-order valence-corrected chi connectivity index (χ1v) is 9.45. The van der Waals surface area contributed by atoms with Gasteiger partial charge in [-0.3, -0.25) is 4.79 Å². The van der Waals surface area contributed by atoms with Crippen molar-refractivity contribution < 1.29 is 19.5 Å². The predicted molar refractivity (Wildman–Crippen MR) is 101 cm³/mol. The maximum atomic E-state index is 12.5. The molecule has 0 radical (unpaired) electrons. The summed E-state index contributed by atoms with van der Waals surface area (Å²) in [6, 6.07) is 6.76. The molecule has 1 atom stereocenters. The van der Waals surface area contributed by atoms with E-state index in [0.29, 0.717) is 26.1 Å². The van der Waals surface area contributed by atoms with Crippen LogP contribution in [0.25, 0.3) is 0 Å². The highest BCUT2D eigenvalue weighted by Gasteiger charge is 2.43. The van der Waals surface area contributed by atoms with Gasteiger partial charge < -0.3 is 20.2 Å². The molecule has 3 amide bonds. The summed E-state index contributed by atoms with van der Waals surface area (Å²) in [6.45, 7) is 5.25. The molecule has 3 rings (SSSR count). The third-order valence-electron chi connectivity index (χ3n) is 5.93. The number of hydrogen-bond acceptors (Lipinski definition) is 3. The third kappa shape index (κ3) is 4.23. The summed E-state index contributed by atoms with van der Waals surface area (Å²) in [5, 5.41) is 12.2. The van der Waals surface area contributed by atoms with Crippen molar-refractivity contribution in [3.05, 3.63) is 29.8 Å². The maximum Gasteiger partial charge on any atom is 0.326 e. The van der Waals surface area contributed by atoms with E-state index in [9.17, 15) is 19.5 Å². The van der Waals surface area contributed by atoms with E-state index < -0.39 is 12.0 Å². The lowest BCUT2D eigenvalue weighted by atomic mass is 9.72.